The lowest BCUT2D eigenvalue weighted by Crippen LogP contribution is -2.40. The molecule has 1 aliphatic rings. The number of fused-ring (bicyclic) bond motifs is 2. The summed E-state index contributed by atoms with van der Waals surface area (Å²) in [7, 11) is 0. The molecule has 9 nitrogen and oxygen atoms in total. The molecule has 1 saturated heterocycles. The second-order valence-electron chi connectivity index (χ2n) is 9.07. The van der Waals surface area contributed by atoms with E-state index in [1.54, 1.807) is 13.1 Å². The number of rotatable bonds is 7. The van der Waals surface area contributed by atoms with Gasteiger partial charge in [-0.05, 0) is 61.7 Å². The molecular formula is C26H26N4O5. The summed E-state index contributed by atoms with van der Waals surface area (Å²) in [5.41, 5.74) is 2.81. The number of hydrogen-bond donors (Lipinski definition) is 1. The number of aromatic nitrogens is 3. The fourth-order valence-corrected chi connectivity index (χ4v) is 4.79. The van der Waals surface area contributed by atoms with Crippen LogP contribution in [0.4, 0.5) is 0 Å². The Balaban J connectivity index is 1.04. The molecule has 6 rings (SSSR count). The van der Waals surface area contributed by atoms with Crippen LogP contribution in [-0.2, 0) is 0 Å². The summed E-state index contributed by atoms with van der Waals surface area (Å²) < 4.78 is 22.5. The summed E-state index contributed by atoms with van der Waals surface area (Å²) in [4.78, 5) is 2.30. The minimum Gasteiger partial charge on any atom is -0.490 e. The molecule has 0 radical (unpaired) electrons. The molecule has 9 heteroatoms. The Morgan fingerprint density at radius 2 is 1.97 bits per heavy atom. The SMILES string of the molecule is Cc1nnc(-c2cc3c(OCC(O)CN4CCC(c5ccc6oncc6c5)CC4)cccc3o2)o1. The molecule has 1 fully saturated rings. The van der Waals surface area contributed by atoms with Crippen LogP contribution in [0, 0.1) is 6.92 Å². The average Bonchev–Trinajstić information content (AvgIpc) is 3.62. The molecule has 0 amide bonds. The lowest BCUT2D eigenvalue weighted by atomic mass is 9.89. The highest BCUT2D eigenvalue weighted by Gasteiger charge is 2.23. The first-order valence-corrected chi connectivity index (χ1v) is 11.8. The zero-order valence-corrected chi connectivity index (χ0v) is 19.4. The minimum atomic E-state index is -0.597. The van der Waals surface area contributed by atoms with E-state index in [1.165, 1.54) is 5.56 Å². The Morgan fingerprint density at radius 3 is 2.80 bits per heavy atom. The number of aliphatic hydroxyl groups is 1. The molecule has 4 heterocycles. The van der Waals surface area contributed by atoms with Gasteiger partial charge in [0.25, 0.3) is 5.89 Å². The molecule has 0 bridgehead atoms. The van der Waals surface area contributed by atoms with E-state index in [0.717, 1.165) is 42.3 Å². The molecule has 0 spiro atoms. The highest BCUT2D eigenvalue weighted by atomic mass is 16.5. The molecule has 0 aliphatic carbocycles. The fraction of sp³-hybridized carbons (Fsp3) is 0.346. The van der Waals surface area contributed by atoms with Crippen molar-refractivity contribution in [2.45, 2.75) is 31.8 Å². The van der Waals surface area contributed by atoms with Crippen molar-refractivity contribution in [3.05, 3.63) is 60.1 Å². The summed E-state index contributed by atoms with van der Waals surface area (Å²) in [5, 5.41) is 24.2. The van der Waals surface area contributed by atoms with Crippen molar-refractivity contribution >= 4 is 21.9 Å². The van der Waals surface area contributed by atoms with Gasteiger partial charge in [0, 0.05) is 24.9 Å². The third-order valence-electron chi connectivity index (χ3n) is 6.59. The first-order valence-electron chi connectivity index (χ1n) is 11.8. The van der Waals surface area contributed by atoms with Crippen LogP contribution in [0.15, 0.2) is 62.0 Å². The molecule has 2 aromatic carbocycles. The van der Waals surface area contributed by atoms with Crippen LogP contribution in [0.5, 0.6) is 5.75 Å². The Kier molecular flexibility index (Phi) is 5.71. The van der Waals surface area contributed by atoms with E-state index in [-0.39, 0.29) is 6.61 Å². The maximum Gasteiger partial charge on any atom is 0.283 e. The van der Waals surface area contributed by atoms with Crippen molar-refractivity contribution in [2.24, 2.45) is 0 Å². The number of benzene rings is 2. The van der Waals surface area contributed by atoms with Gasteiger partial charge < -0.3 is 28.1 Å². The van der Waals surface area contributed by atoms with Crippen LogP contribution >= 0.6 is 0 Å². The first kappa shape index (κ1) is 21.8. The summed E-state index contributed by atoms with van der Waals surface area (Å²) in [5.74, 6) is 2.45. The Morgan fingerprint density at radius 1 is 1.09 bits per heavy atom. The van der Waals surface area contributed by atoms with Crippen LogP contribution < -0.4 is 4.74 Å². The number of likely N-dealkylation sites (tertiary alicyclic amines) is 1. The van der Waals surface area contributed by atoms with Crippen molar-refractivity contribution in [3.63, 3.8) is 0 Å². The van der Waals surface area contributed by atoms with Crippen molar-refractivity contribution in [3.8, 4) is 17.4 Å². The molecule has 1 aliphatic heterocycles. The van der Waals surface area contributed by atoms with Gasteiger partial charge in [-0.2, -0.15) is 0 Å². The van der Waals surface area contributed by atoms with Crippen molar-refractivity contribution in [1.29, 1.82) is 0 Å². The number of nitrogens with zero attached hydrogens (tertiary/aromatic N) is 4. The normalized spacial score (nSPS) is 16.3. The smallest absolute Gasteiger partial charge is 0.283 e. The quantitative estimate of drug-likeness (QED) is 0.363. The zero-order chi connectivity index (χ0) is 23.8. The molecular weight excluding hydrogens is 448 g/mol. The van der Waals surface area contributed by atoms with E-state index in [2.05, 4.69) is 32.4 Å². The van der Waals surface area contributed by atoms with Crippen molar-refractivity contribution in [1.82, 2.24) is 20.3 Å². The monoisotopic (exact) mass is 474 g/mol. The molecule has 180 valence electrons. The maximum atomic E-state index is 10.7. The number of β-amino-alcohol motifs (C(OH)–C–C–N with tert-alkyl or cyclic N) is 1. The molecule has 35 heavy (non-hydrogen) atoms. The molecule has 0 saturated carbocycles. The van der Waals surface area contributed by atoms with Crippen molar-refractivity contribution in [2.75, 3.05) is 26.2 Å². The summed E-state index contributed by atoms with van der Waals surface area (Å²) in [6.45, 7) is 4.38. The second kappa shape index (κ2) is 9.16. The lowest BCUT2D eigenvalue weighted by molar-refractivity contribution is 0.0599. The van der Waals surface area contributed by atoms with E-state index < -0.39 is 6.10 Å². The summed E-state index contributed by atoms with van der Waals surface area (Å²) >= 11 is 0. The number of aryl methyl sites for hydroxylation is 1. The van der Waals surface area contributed by atoms with Gasteiger partial charge in [0.05, 0.1) is 11.6 Å². The van der Waals surface area contributed by atoms with Crippen LogP contribution in [0.3, 0.4) is 0 Å². The molecule has 3 aromatic heterocycles. The topological polar surface area (TPSA) is 111 Å². The van der Waals surface area contributed by atoms with Gasteiger partial charge in [0.2, 0.25) is 5.89 Å². The molecule has 1 unspecified atom stereocenters. The third-order valence-corrected chi connectivity index (χ3v) is 6.59. The van der Waals surface area contributed by atoms with E-state index in [9.17, 15) is 5.11 Å². The number of furan rings is 1. The van der Waals surface area contributed by atoms with E-state index in [4.69, 9.17) is 18.1 Å². The van der Waals surface area contributed by atoms with E-state index >= 15 is 0 Å². The second-order valence-corrected chi connectivity index (χ2v) is 9.07. The highest BCUT2D eigenvalue weighted by molar-refractivity contribution is 5.87. The number of aliphatic hydroxyl groups excluding tert-OH is 1. The predicted molar refractivity (Wildman–Crippen MR) is 128 cm³/mol. The van der Waals surface area contributed by atoms with Gasteiger partial charge in [0.15, 0.2) is 11.3 Å². The van der Waals surface area contributed by atoms with Gasteiger partial charge in [-0.15, -0.1) is 10.2 Å². The van der Waals surface area contributed by atoms with Crippen LogP contribution in [0.1, 0.15) is 30.2 Å². The fourth-order valence-electron chi connectivity index (χ4n) is 4.79. The van der Waals surface area contributed by atoms with Crippen molar-refractivity contribution < 1.29 is 23.2 Å². The first-order chi connectivity index (χ1) is 17.1. The lowest BCUT2D eigenvalue weighted by Gasteiger charge is -2.33. The average molecular weight is 475 g/mol. The Hall–Kier alpha value is -3.69. The predicted octanol–water partition coefficient (Wildman–Crippen LogP) is 4.55. The zero-order valence-electron chi connectivity index (χ0n) is 19.4. The minimum absolute atomic E-state index is 0.198. The number of ether oxygens (including phenoxy) is 1. The van der Waals surface area contributed by atoms with Gasteiger partial charge in [-0.25, -0.2) is 0 Å². The maximum absolute atomic E-state index is 10.7. The number of piperidine rings is 1. The summed E-state index contributed by atoms with van der Waals surface area (Å²) in [6.07, 6.45) is 3.27. The highest BCUT2D eigenvalue weighted by Crippen LogP contribution is 2.33. The largest absolute Gasteiger partial charge is 0.490 e. The van der Waals surface area contributed by atoms with Gasteiger partial charge in [-0.1, -0.05) is 17.3 Å². The van der Waals surface area contributed by atoms with Gasteiger partial charge in [-0.3, -0.25) is 0 Å². The van der Waals surface area contributed by atoms with Gasteiger partial charge in [0.1, 0.15) is 24.0 Å². The van der Waals surface area contributed by atoms with Gasteiger partial charge >= 0.3 is 0 Å². The molecule has 1 atom stereocenters. The van der Waals surface area contributed by atoms with E-state index in [0.29, 0.717) is 41.3 Å². The molecule has 1 N–H and O–H groups in total. The van der Waals surface area contributed by atoms with E-state index in [1.807, 2.05) is 30.3 Å². The van der Waals surface area contributed by atoms with Crippen LogP contribution in [-0.4, -0.2) is 57.7 Å². The Labute approximate surface area is 201 Å². The Bertz CT molecular complexity index is 1450. The number of hydrogen-bond acceptors (Lipinski definition) is 9. The summed E-state index contributed by atoms with van der Waals surface area (Å²) in [6, 6.07) is 13.7. The van der Waals surface area contributed by atoms with Crippen LogP contribution in [0.2, 0.25) is 0 Å². The van der Waals surface area contributed by atoms with Crippen LogP contribution in [0.25, 0.3) is 33.6 Å². The standard InChI is InChI=1S/C26H26N4O5/c1-16-28-29-26(33-16)25-12-21-23(3-2-4-24(21)34-25)32-15-20(31)14-30-9-7-17(8-10-30)18-5-6-22-19(11-18)13-27-35-22/h2-6,11-13,17,20,31H,7-10,14-15H2,1H3. The molecule has 5 aromatic rings. The third kappa shape index (κ3) is 4.52.